The minimum Gasteiger partial charge on any atom is -0.493 e. The molecule has 1 aliphatic heterocycles. The fraction of sp³-hybridized carbons (Fsp3) is 0.545. The van der Waals surface area contributed by atoms with Gasteiger partial charge in [0.25, 0.3) is 0 Å². The highest BCUT2D eigenvalue weighted by Crippen LogP contribution is 2.29. The first kappa shape index (κ1) is 8.54. The minimum atomic E-state index is 0.497. The Labute approximate surface area is 78.9 Å². The zero-order valence-corrected chi connectivity index (χ0v) is 8.21. The summed E-state index contributed by atoms with van der Waals surface area (Å²) in [6.45, 7) is 5.21. The fourth-order valence-electron chi connectivity index (χ4n) is 1.81. The zero-order valence-electron chi connectivity index (χ0n) is 8.21. The van der Waals surface area contributed by atoms with Crippen molar-refractivity contribution < 1.29 is 4.74 Å². The lowest BCUT2D eigenvalue weighted by molar-refractivity contribution is 0.286. The van der Waals surface area contributed by atoms with Crippen LogP contribution in [0.1, 0.15) is 37.4 Å². The molecule has 0 saturated carbocycles. The molecule has 1 aromatic heterocycles. The van der Waals surface area contributed by atoms with Gasteiger partial charge in [-0.2, -0.15) is 0 Å². The molecular formula is C11H15NO. The molecule has 0 atom stereocenters. The highest BCUT2D eigenvalue weighted by Gasteiger charge is 2.16. The summed E-state index contributed by atoms with van der Waals surface area (Å²) in [7, 11) is 0. The quantitative estimate of drug-likeness (QED) is 0.657. The Hall–Kier alpha value is -1.05. The number of pyridine rings is 1. The summed E-state index contributed by atoms with van der Waals surface area (Å²) in [6, 6.07) is 1.97. The molecule has 1 aliphatic rings. The summed E-state index contributed by atoms with van der Waals surface area (Å²) in [4.78, 5) is 4.41. The number of nitrogens with zero attached hydrogens (tertiary/aromatic N) is 1. The van der Waals surface area contributed by atoms with Crippen LogP contribution in [0.2, 0.25) is 0 Å². The van der Waals surface area contributed by atoms with E-state index in [1.165, 1.54) is 11.3 Å². The van der Waals surface area contributed by atoms with Gasteiger partial charge < -0.3 is 4.74 Å². The van der Waals surface area contributed by atoms with Gasteiger partial charge in [-0.1, -0.05) is 13.8 Å². The molecule has 2 heteroatoms. The van der Waals surface area contributed by atoms with Crippen LogP contribution in [0.3, 0.4) is 0 Å². The highest BCUT2D eigenvalue weighted by molar-refractivity contribution is 5.38. The molecule has 0 spiro atoms. The van der Waals surface area contributed by atoms with E-state index in [4.69, 9.17) is 4.74 Å². The van der Waals surface area contributed by atoms with Crippen LogP contribution in [-0.2, 0) is 6.42 Å². The van der Waals surface area contributed by atoms with E-state index in [1.54, 1.807) is 0 Å². The third-order valence-electron chi connectivity index (χ3n) is 2.42. The molecule has 0 unspecified atom stereocenters. The van der Waals surface area contributed by atoms with E-state index in [9.17, 15) is 0 Å². The van der Waals surface area contributed by atoms with Crippen molar-refractivity contribution in [1.29, 1.82) is 0 Å². The maximum atomic E-state index is 5.57. The van der Waals surface area contributed by atoms with Crippen LogP contribution in [-0.4, -0.2) is 11.6 Å². The van der Waals surface area contributed by atoms with Crippen molar-refractivity contribution in [3.63, 3.8) is 0 Å². The van der Waals surface area contributed by atoms with Crippen molar-refractivity contribution in [3.8, 4) is 5.75 Å². The van der Waals surface area contributed by atoms with Gasteiger partial charge in [0, 0.05) is 17.5 Å². The number of fused-ring (bicyclic) bond motifs is 1. The topological polar surface area (TPSA) is 22.1 Å². The Bertz CT molecular complexity index is 307. The molecule has 0 bridgehead atoms. The molecule has 0 radical (unpaired) electrons. The van der Waals surface area contributed by atoms with Crippen LogP contribution in [0.15, 0.2) is 12.3 Å². The Balaban J connectivity index is 2.46. The molecule has 2 rings (SSSR count). The smallest absolute Gasteiger partial charge is 0.125 e. The molecule has 0 saturated heterocycles. The lowest BCUT2D eigenvalue weighted by atomic mass is 9.98. The van der Waals surface area contributed by atoms with E-state index in [0.29, 0.717) is 5.92 Å². The average molecular weight is 177 g/mol. The van der Waals surface area contributed by atoms with Gasteiger partial charge in [0.15, 0.2) is 0 Å². The van der Waals surface area contributed by atoms with Gasteiger partial charge in [0.1, 0.15) is 5.75 Å². The second-order valence-corrected chi connectivity index (χ2v) is 3.78. The summed E-state index contributed by atoms with van der Waals surface area (Å²) in [6.07, 6.45) is 4.09. The van der Waals surface area contributed by atoms with Crippen LogP contribution in [0, 0.1) is 0 Å². The number of hydrogen-bond donors (Lipinski definition) is 0. The Morgan fingerprint density at radius 3 is 3.08 bits per heavy atom. The summed E-state index contributed by atoms with van der Waals surface area (Å²) in [5.41, 5.74) is 2.53. The summed E-state index contributed by atoms with van der Waals surface area (Å²) >= 11 is 0. The van der Waals surface area contributed by atoms with Crippen molar-refractivity contribution in [2.24, 2.45) is 0 Å². The van der Waals surface area contributed by atoms with E-state index in [-0.39, 0.29) is 0 Å². The average Bonchev–Trinajstić information content (AvgIpc) is 2.17. The van der Waals surface area contributed by atoms with Crippen LogP contribution in [0.5, 0.6) is 5.75 Å². The first-order chi connectivity index (χ1) is 6.29. The minimum absolute atomic E-state index is 0.497. The highest BCUT2D eigenvalue weighted by atomic mass is 16.5. The third kappa shape index (κ3) is 1.53. The molecule has 2 nitrogen and oxygen atoms in total. The molecular weight excluding hydrogens is 162 g/mol. The van der Waals surface area contributed by atoms with E-state index in [0.717, 1.165) is 25.2 Å². The number of aromatic nitrogens is 1. The zero-order chi connectivity index (χ0) is 9.26. The van der Waals surface area contributed by atoms with Crippen LogP contribution in [0.4, 0.5) is 0 Å². The van der Waals surface area contributed by atoms with Gasteiger partial charge in [-0.3, -0.25) is 4.98 Å². The van der Waals surface area contributed by atoms with Crippen molar-refractivity contribution in [2.75, 3.05) is 6.61 Å². The van der Waals surface area contributed by atoms with Crippen LogP contribution < -0.4 is 4.74 Å². The van der Waals surface area contributed by atoms with Crippen molar-refractivity contribution >= 4 is 0 Å². The predicted octanol–water partition coefficient (Wildman–Crippen LogP) is 2.53. The van der Waals surface area contributed by atoms with Crippen LogP contribution >= 0.6 is 0 Å². The first-order valence-electron chi connectivity index (χ1n) is 4.89. The van der Waals surface area contributed by atoms with Crippen molar-refractivity contribution in [2.45, 2.75) is 32.6 Å². The largest absolute Gasteiger partial charge is 0.493 e. The number of hydrogen-bond acceptors (Lipinski definition) is 2. The normalized spacial score (nSPS) is 15.3. The number of rotatable bonds is 1. The lowest BCUT2D eigenvalue weighted by Gasteiger charge is -2.20. The second-order valence-electron chi connectivity index (χ2n) is 3.78. The lowest BCUT2D eigenvalue weighted by Crippen LogP contribution is -2.12. The predicted molar refractivity (Wildman–Crippen MR) is 52.1 cm³/mol. The second kappa shape index (κ2) is 3.36. The van der Waals surface area contributed by atoms with Crippen LogP contribution in [0.25, 0.3) is 0 Å². The van der Waals surface area contributed by atoms with Crippen molar-refractivity contribution in [1.82, 2.24) is 4.98 Å². The SMILES string of the molecule is CC(C)c1nccc2c1CCCO2. The van der Waals surface area contributed by atoms with Gasteiger partial charge >= 0.3 is 0 Å². The van der Waals surface area contributed by atoms with E-state index in [2.05, 4.69) is 18.8 Å². The Kier molecular flexibility index (Phi) is 2.21. The molecule has 0 fully saturated rings. The first-order valence-corrected chi connectivity index (χ1v) is 4.89. The summed E-state index contributed by atoms with van der Waals surface area (Å²) in [5, 5.41) is 0. The van der Waals surface area contributed by atoms with Gasteiger partial charge in [0.05, 0.1) is 6.61 Å². The summed E-state index contributed by atoms with van der Waals surface area (Å²) in [5.74, 6) is 1.54. The maximum Gasteiger partial charge on any atom is 0.125 e. The summed E-state index contributed by atoms with van der Waals surface area (Å²) < 4.78 is 5.57. The van der Waals surface area contributed by atoms with Crippen molar-refractivity contribution in [3.05, 3.63) is 23.5 Å². The standard InChI is InChI=1S/C11H15NO/c1-8(2)11-9-4-3-7-13-10(9)5-6-12-11/h5-6,8H,3-4,7H2,1-2H3. The van der Waals surface area contributed by atoms with E-state index < -0.39 is 0 Å². The Morgan fingerprint density at radius 1 is 1.46 bits per heavy atom. The molecule has 13 heavy (non-hydrogen) atoms. The molecule has 2 heterocycles. The Morgan fingerprint density at radius 2 is 2.31 bits per heavy atom. The molecule has 0 N–H and O–H groups in total. The molecule has 0 amide bonds. The van der Waals surface area contributed by atoms with Gasteiger partial charge in [-0.25, -0.2) is 0 Å². The van der Waals surface area contributed by atoms with E-state index in [1.807, 2.05) is 12.3 Å². The van der Waals surface area contributed by atoms with E-state index >= 15 is 0 Å². The number of ether oxygens (including phenoxy) is 1. The molecule has 0 aliphatic carbocycles. The third-order valence-corrected chi connectivity index (χ3v) is 2.42. The molecule has 0 aromatic carbocycles. The van der Waals surface area contributed by atoms with Gasteiger partial charge in [-0.15, -0.1) is 0 Å². The molecule has 70 valence electrons. The maximum absolute atomic E-state index is 5.57. The van der Waals surface area contributed by atoms with Gasteiger partial charge in [0.2, 0.25) is 0 Å². The monoisotopic (exact) mass is 177 g/mol. The fourth-order valence-corrected chi connectivity index (χ4v) is 1.81. The van der Waals surface area contributed by atoms with Gasteiger partial charge in [-0.05, 0) is 24.8 Å². The molecule has 1 aromatic rings.